The molecule has 2 unspecified atom stereocenters. The fourth-order valence-electron chi connectivity index (χ4n) is 7.14. The summed E-state index contributed by atoms with van der Waals surface area (Å²) in [6, 6.07) is 8.75. The highest BCUT2D eigenvalue weighted by Crippen LogP contribution is 2.42. The minimum absolute atomic E-state index is 0.00524. The summed E-state index contributed by atoms with van der Waals surface area (Å²) < 4.78 is 51.9. The maximum absolute atomic E-state index is 16.7. The average molecular weight is 589 g/mol. The lowest BCUT2D eigenvalue weighted by Crippen LogP contribution is -2.43. The fraction of sp³-hybridized carbons (Fsp3) is 0.394. The number of fused-ring (bicyclic) bond motifs is 3. The van der Waals surface area contributed by atoms with Crippen molar-refractivity contribution in [2.75, 3.05) is 37.7 Å². The Kier molecular flexibility index (Phi) is 6.83. The van der Waals surface area contributed by atoms with Gasteiger partial charge in [0.25, 0.3) is 0 Å². The minimum Gasteiger partial charge on any atom is -0.508 e. The van der Waals surface area contributed by atoms with Gasteiger partial charge in [-0.3, -0.25) is 4.90 Å². The molecule has 7 nitrogen and oxygen atoms in total. The molecule has 3 aromatic carbocycles. The monoisotopic (exact) mass is 588 g/mol. The van der Waals surface area contributed by atoms with Crippen molar-refractivity contribution in [1.29, 1.82) is 0 Å². The van der Waals surface area contributed by atoms with Crippen molar-refractivity contribution in [3.05, 3.63) is 53.6 Å². The van der Waals surface area contributed by atoms with Crippen LogP contribution in [0, 0.1) is 24.0 Å². The number of phenolic OH excluding ortho intramolecular Hbond substituents is 1. The van der Waals surface area contributed by atoms with Crippen LogP contribution in [0.15, 0.2) is 36.4 Å². The quantitative estimate of drug-likeness (QED) is 0.305. The van der Waals surface area contributed by atoms with Gasteiger partial charge in [0, 0.05) is 42.4 Å². The van der Waals surface area contributed by atoms with Gasteiger partial charge in [0.2, 0.25) is 0 Å². The Morgan fingerprint density at radius 3 is 2.67 bits per heavy atom. The molecule has 1 aromatic heterocycles. The lowest BCUT2D eigenvalue weighted by Gasteiger charge is -2.32. The van der Waals surface area contributed by atoms with Gasteiger partial charge in [-0.05, 0) is 67.4 Å². The second-order valence-corrected chi connectivity index (χ2v) is 11.9. The Hall–Kier alpha value is -4.07. The summed E-state index contributed by atoms with van der Waals surface area (Å²) in [4.78, 5) is 13.3. The van der Waals surface area contributed by atoms with Gasteiger partial charge in [0.05, 0.1) is 17.2 Å². The number of phenols is 1. The summed E-state index contributed by atoms with van der Waals surface area (Å²) in [5.74, 6) is 1.39. The summed E-state index contributed by atoms with van der Waals surface area (Å²) in [7, 11) is 0. The number of terminal acetylenes is 1. The number of anilines is 1. The number of rotatable bonds is 5. The van der Waals surface area contributed by atoms with E-state index in [0.29, 0.717) is 60.9 Å². The number of aromatic hydroxyl groups is 1. The molecule has 7 rings (SSSR count). The van der Waals surface area contributed by atoms with E-state index in [4.69, 9.17) is 16.1 Å². The summed E-state index contributed by atoms with van der Waals surface area (Å²) >= 11 is 0. The molecule has 2 N–H and O–H groups in total. The van der Waals surface area contributed by atoms with Gasteiger partial charge >= 0.3 is 6.01 Å². The van der Waals surface area contributed by atoms with Crippen molar-refractivity contribution >= 4 is 27.5 Å². The van der Waals surface area contributed by atoms with Crippen LogP contribution < -0.4 is 9.64 Å². The van der Waals surface area contributed by atoms with E-state index in [1.807, 2.05) is 4.90 Å². The van der Waals surface area contributed by atoms with E-state index in [0.717, 1.165) is 19.4 Å². The number of alkyl halides is 1. The molecule has 222 valence electrons. The predicted molar refractivity (Wildman–Crippen MR) is 158 cm³/mol. The molecule has 4 heterocycles. The Labute approximate surface area is 246 Å². The van der Waals surface area contributed by atoms with Crippen molar-refractivity contribution in [2.24, 2.45) is 0 Å². The van der Waals surface area contributed by atoms with Gasteiger partial charge in [-0.15, -0.1) is 6.42 Å². The molecule has 3 aliphatic rings. The van der Waals surface area contributed by atoms with Crippen LogP contribution in [-0.2, 0) is 0 Å². The second kappa shape index (κ2) is 10.6. The first-order valence-electron chi connectivity index (χ1n) is 14.6. The smallest absolute Gasteiger partial charge is 0.319 e. The topological polar surface area (TPSA) is 82.0 Å². The second-order valence-electron chi connectivity index (χ2n) is 11.9. The highest BCUT2D eigenvalue weighted by atomic mass is 19.1. The summed E-state index contributed by atoms with van der Waals surface area (Å²) in [6.45, 7) is 2.39. The minimum atomic E-state index is -0.924. The molecular formula is C33H31F3N4O3. The number of hydrogen-bond donors (Lipinski definition) is 2. The van der Waals surface area contributed by atoms with E-state index in [-0.39, 0.29) is 40.6 Å². The van der Waals surface area contributed by atoms with Crippen molar-refractivity contribution in [3.8, 4) is 35.2 Å². The predicted octanol–water partition coefficient (Wildman–Crippen LogP) is 5.33. The van der Waals surface area contributed by atoms with Crippen LogP contribution in [0.1, 0.15) is 37.7 Å². The van der Waals surface area contributed by atoms with Crippen LogP contribution >= 0.6 is 0 Å². The molecule has 4 aromatic rings. The lowest BCUT2D eigenvalue weighted by atomic mass is 9.93. The number of aliphatic hydroxyl groups is 1. The number of nitrogens with zero attached hydrogens (tertiary/aromatic N) is 4. The highest BCUT2D eigenvalue weighted by Gasteiger charge is 2.49. The van der Waals surface area contributed by atoms with Gasteiger partial charge in [0.15, 0.2) is 5.82 Å². The third kappa shape index (κ3) is 4.71. The van der Waals surface area contributed by atoms with E-state index in [1.165, 1.54) is 24.3 Å². The van der Waals surface area contributed by atoms with Crippen LogP contribution in [-0.4, -0.2) is 75.7 Å². The molecule has 10 heteroatoms. The molecule has 0 aliphatic carbocycles. The van der Waals surface area contributed by atoms with E-state index < -0.39 is 29.4 Å². The molecule has 0 radical (unpaired) electrons. The van der Waals surface area contributed by atoms with Crippen LogP contribution in [0.3, 0.4) is 0 Å². The number of aromatic nitrogens is 2. The SMILES string of the molecule is C#Cc1c(F)ccc2cc(O)cc(-c3ccc4c(N5CCC(O)CC5)nc(OCC56CCCN5CC(F)C6)nc4c3F)c12. The molecule has 0 saturated carbocycles. The van der Waals surface area contributed by atoms with Gasteiger partial charge in [0.1, 0.15) is 35.7 Å². The molecule has 3 aliphatic heterocycles. The van der Waals surface area contributed by atoms with E-state index >= 15 is 4.39 Å². The van der Waals surface area contributed by atoms with E-state index in [1.54, 1.807) is 12.1 Å². The molecular weight excluding hydrogens is 557 g/mol. The number of ether oxygens (including phenoxy) is 1. The Morgan fingerprint density at radius 2 is 1.88 bits per heavy atom. The maximum Gasteiger partial charge on any atom is 0.319 e. The molecule has 2 atom stereocenters. The number of benzene rings is 3. The number of piperidine rings is 1. The molecule has 0 amide bonds. The van der Waals surface area contributed by atoms with E-state index in [2.05, 4.69) is 15.8 Å². The van der Waals surface area contributed by atoms with Crippen molar-refractivity contribution < 1.29 is 28.1 Å². The first-order valence-corrected chi connectivity index (χ1v) is 14.6. The van der Waals surface area contributed by atoms with Crippen LogP contribution in [0.4, 0.5) is 19.0 Å². The summed E-state index contributed by atoms with van der Waals surface area (Å²) in [5, 5.41) is 21.8. The fourth-order valence-corrected chi connectivity index (χ4v) is 7.14. The summed E-state index contributed by atoms with van der Waals surface area (Å²) in [5.41, 5.74) is -0.171. The summed E-state index contributed by atoms with van der Waals surface area (Å²) in [6.07, 6.45) is 7.51. The first-order chi connectivity index (χ1) is 20.8. The zero-order valence-electron chi connectivity index (χ0n) is 23.5. The molecule has 43 heavy (non-hydrogen) atoms. The molecule has 3 fully saturated rings. The Balaban J connectivity index is 1.37. The Bertz CT molecular complexity index is 1790. The molecule has 3 saturated heterocycles. The number of aliphatic hydroxyl groups excluding tert-OH is 1. The average Bonchev–Trinajstić information content (AvgIpc) is 3.52. The van der Waals surface area contributed by atoms with Crippen LogP contribution in [0.5, 0.6) is 11.8 Å². The largest absolute Gasteiger partial charge is 0.508 e. The van der Waals surface area contributed by atoms with Crippen molar-refractivity contribution in [1.82, 2.24) is 14.9 Å². The lowest BCUT2D eigenvalue weighted by molar-refractivity contribution is 0.107. The first kappa shape index (κ1) is 27.7. The van der Waals surface area contributed by atoms with Gasteiger partial charge < -0.3 is 19.8 Å². The van der Waals surface area contributed by atoms with Crippen LogP contribution in [0.2, 0.25) is 0 Å². The van der Waals surface area contributed by atoms with Crippen molar-refractivity contribution in [3.63, 3.8) is 0 Å². The van der Waals surface area contributed by atoms with Crippen molar-refractivity contribution in [2.45, 2.75) is 49.9 Å². The third-order valence-electron chi connectivity index (χ3n) is 9.25. The standard InChI is InChI=1S/C33H31F3N4O3/c1-2-23-27(35)7-4-19-14-22(42)15-26(28(19)23)24-5-6-25-30(29(24)36)37-32(38-31(25)39-12-8-21(41)9-13-39)43-18-33-10-3-11-40(33)17-20(34)16-33/h1,4-7,14-15,20-21,41-42H,3,8-13,16-18H2. The van der Waals surface area contributed by atoms with E-state index in [9.17, 15) is 19.0 Å². The number of hydrogen-bond acceptors (Lipinski definition) is 7. The van der Waals surface area contributed by atoms with Crippen LogP contribution in [0.25, 0.3) is 32.8 Å². The van der Waals surface area contributed by atoms with Gasteiger partial charge in [-0.25, -0.2) is 13.2 Å². The maximum atomic E-state index is 16.7. The zero-order chi connectivity index (χ0) is 29.9. The number of halogens is 3. The molecule has 0 spiro atoms. The Morgan fingerprint density at radius 1 is 1.07 bits per heavy atom. The van der Waals surface area contributed by atoms with Gasteiger partial charge in [-0.2, -0.15) is 9.97 Å². The molecule has 0 bridgehead atoms. The third-order valence-corrected chi connectivity index (χ3v) is 9.25. The highest BCUT2D eigenvalue weighted by molar-refractivity contribution is 6.04. The normalized spacial score (nSPS) is 22.8. The zero-order valence-corrected chi connectivity index (χ0v) is 23.5. The van der Waals surface area contributed by atoms with Gasteiger partial charge in [-0.1, -0.05) is 18.1 Å².